The van der Waals surface area contributed by atoms with Crippen LogP contribution in [-0.4, -0.2) is 19.9 Å². The fourth-order valence-corrected chi connectivity index (χ4v) is 1.48. The quantitative estimate of drug-likeness (QED) is 0.620. The summed E-state index contributed by atoms with van der Waals surface area (Å²) >= 11 is 4.11. The second-order valence-electron chi connectivity index (χ2n) is 3.30. The third-order valence-electron chi connectivity index (χ3n) is 2.16. The van der Waals surface area contributed by atoms with Gasteiger partial charge in [0.15, 0.2) is 0 Å². The fraction of sp³-hybridized carbons (Fsp3) is 0.200. The van der Waals surface area contributed by atoms with Crippen molar-refractivity contribution < 1.29 is 0 Å². The molecular weight excluding hydrogens is 210 g/mol. The monoisotopic (exact) mass is 221 g/mol. The molecule has 0 aliphatic rings. The minimum atomic E-state index is -0.0575. The Morgan fingerprint density at radius 3 is 3.07 bits per heavy atom. The fourth-order valence-electron chi connectivity index (χ4n) is 1.38. The number of hydrogen-bond donors (Lipinski definition) is 1. The van der Waals surface area contributed by atoms with Gasteiger partial charge in [0.25, 0.3) is 5.56 Å². The molecule has 0 bridgehead atoms. The molecule has 0 N–H and O–H groups in total. The summed E-state index contributed by atoms with van der Waals surface area (Å²) in [6, 6.07) is 1.70. The van der Waals surface area contributed by atoms with Crippen LogP contribution in [0.25, 0.3) is 5.52 Å². The molecule has 2 rings (SSSR count). The lowest BCUT2D eigenvalue weighted by Gasteiger charge is -2.06. The van der Waals surface area contributed by atoms with Crippen LogP contribution in [0.5, 0.6) is 0 Å². The van der Waals surface area contributed by atoms with Gasteiger partial charge in [-0.25, -0.2) is 4.52 Å². The van der Waals surface area contributed by atoms with E-state index in [0.717, 1.165) is 5.57 Å². The number of fused-ring (bicyclic) bond motifs is 1. The first-order valence-electron chi connectivity index (χ1n) is 4.52. The topological polar surface area (TPSA) is 39.3 Å². The van der Waals surface area contributed by atoms with E-state index in [9.17, 15) is 4.79 Å². The Hall–Kier alpha value is -1.49. The predicted molar refractivity (Wildman–Crippen MR) is 62.4 cm³/mol. The average Bonchev–Trinajstić information content (AvgIpc) is 2.70. The van der Waals surface area contributed by atoms with Gasteiger partial charge in [-0.1, -0.05) is 6.58 Å². The Balaban J connectivity index is 2.48. The largest absolute Gasteiger partial charge is 0.308 e. The number of aromatic nitrogens is 3. The van der Waals surface area contributed by atoms with Crippen LogP contribution >= 0.6 is 12.6 Å². The molecule has 0 aliphatic heterocycles. The smallest absolute Gasteiger partial charge is 0.276 e. The van der Waals surface area contributed by atoms with E-state index in [-0.39, 0.29) is 5.56 Å². The van der Waals surface area contributed by atoms with Crippen molar-refractivity contribution in [3.63, 3.8) is 0 Å². The van der Waals surface area contributed by atoms with Gasteiger partial charge in [-0.05, 0) is 11.6 Å². The van der Waals surface area contributed by atoms with Crippen LogP contribution < -0.4 is 5.56 Å². The molecule has 0 saturated carbocycles. The van der Waals surface area contributed by atoms with Gasteiger partial charge in [-0.15, -0.1) is 0 Å². The maximum atomic E-state index is 11.9. The van der Waals surface area contributed by atoms with Crippen molar-refractivity contribution in [2.75, 3.05) is 5.75 Å². The Kier molecular flexibility index (Phi) is 2.64. The molecule has 0 atom stereocenters. The predicted octanol–water partition coefficient (Wildman–Crippen LogP) is 0.982. The standard InChI is InChI=1S/C10H11N3OS/c1-8(7-15)6-12-4-5-13-9(10(12)14)2-3-11-13/h2-5,15H,1,6-7H2. The highest BCUT2D eigenvalue weighted by atomic mass is 32.1. The number of nitrogens with zero attached hydrogens (tertiary/aromatic N) is 3. The van der Waals surface area contributed by atoms with Crippen LogP contribution in [0.4, 0.5) is 0 Å². The van der Waals surface area contributed by atoms with Crippen LogP contribution in [-0.2, 0) is 6.54 Å². The van der Waals surface area contributed by atoms with Crippen LogP contribution in [0, 0.1) is 0 Å². The maximum Gasteiger partial charge on any atom is 0.276 e. The van der Waals surface area contributed by atoms with Gasteiger partial charge < -0.3 is 4.57 Å². The normalized spacial score (nSPS) is 10.7. The van der Waals surface area contributed by atoms with Crippen LogP contribution in [0.3, 0.4) is 0 Å². The molecular formula is C10H11N3OS. The highest BCUT2D eigenvalue weighted by Gasteiger charge is 2.03. The number of thiol groups is 1. The molecule has 0 radical (unpaired) electrons. The molecule has 0 spiro atoms. The lowest BCUT2D eigenvalue weighted by Crippen LogP contribution is -2.22. The van der Waals surface area contributed by atoms with Crippen LogP contribution in [0.2, 0.25) is 0 Å². The van der Waals surface area contributed by atoms with Gasteiger partial charge in [-0.3, -0.25) is 4.79 Å². The maximum absolute atomic E-state index is 11.9. The highest BCUT2D eigenvalue weighted by molar-refractivity contribution is 7.80. The van der Waals surface area contributed by atoms with Crippen LogP contribution in [0.15, 0.2) is 41.6 Å². The second-order valence-corrected chi connectivity index (χ2v) is 3.62. The van der Waals surface area contributed by atoms with E-state index in [1.165, 1.54) is 0 Å². The molecule has 78 valence electrons. The molecule has 0 fully saturated rings. The zero-order valence-corrected chi connectivity index (χ0v) is 9.02. The summed E-state index contributed by atoms with van der Waals surface area (Å²) in [5.74, 6) is 0.580. The first-order chi connectivity index (χ1) is 7.22. The molecule has 2 aromatic rings. The third-order valence-corrected chi connectivity index (χ3v) is 2.60. The Morgan fingerprint density at radius 2 is 2.33 bits per heavy atom. The lowest BCUT2D eigenvalue weighted by atomic mass is 10.3. The van der Waals surface area contributed by atoms with Gasteiger partial charge in [0, 0.05) is 24.7 Å². The van der Waals surface area contributed by atoms with Gasteiger partial charge in [0.1, 0.15) is 5.52 Å². The molecule has 0 aromatic carbocycles. The van der Waals surface area contributed by atoms with E-state index < -0.39 is 0 Å². The van der Waals surface area contributed by atoms with Crippen molar-refractivity contribution in [1.29, 1.82) is 0 Å². The van der Waals surface area contributed by atoms with E-state index in [4.69, 9.17) is 0 Å². The van der Waals surface area contributed by atoms with E-state index in [0.29, 0.717) is 17.8 Å². The first-order valence-corrected chi connectivity index (χ1v) is 5.16. The van der Waals surface area contributed by atoms with Crippen molar-refractivity contribution in [1.82, 2.24) is 14.2 Å². The van der Waals surface area contributed by atoms with Gasteiger partial charge >= 0.3 is 0 Å². The number of rotatable bonds is 3. The minimum Gasteiger partial charge on any atom is -0.308 e. The molecule has 2 aromatic heterocycles. The minimum absolute atomic E-state index is 0.0575. The molecule has 0 aliphatic carbocycles. The van der Waals surface area contributed by atoms with E-state index >= 15 is 0 Å². The van der Waals surface area contributed by atoms with Crippen molar-refractivity contribution >= 4 is 18.1 Å². The third kappa shape index (κ3) is 1.83. The van der Waals surface area contributed by atoms with Crippen molar-refractivity contribution in [3.05, 3.63) is 47.2 Å². The summed E-state index contributed by atoms with van der Waals surface area (Å²) in [6.45, 7) is 4.32. The van der Waals surface area contributed by atoms with Gasteiger partial charge in [-0.2, -0.15) is 17.7 Å². The van der Waals surface area contributed by atoms with Crippen molar-refractivity contribution in [3.8, 4) is 0 Å². The van der Waals surface area contributed by atoms with Gasteiger partial charge in [0.05, 0.1) is 6.20 Å². The Morgan fingerprint density at radius 1 is 1.53 bits per heavy atom. The molecule has 0 unspecified atom stereocenters. The van der Waals surface area contributed by atoms with E-state index in [1.807, 2.05) is 0 Å². The Labute approximate surface area is 92.3 Å². The summed E-state index contributed by atoms with van der Waals surface area (Å²) < 4.78 is 3.16. The molecule has 0 amide bonds. The summed E-state index contributed by atoms with van der Waals surface area (Å²) in [5.41, 5.74) is 1.42. The molecule has 15 heavy (non-hydrogen) atoms. The average molecular weight is 221 g/mol. The molecule has 5 heteroatoms. The summed E-state index contributed by atoms with van der Waals surface area (Å²) in [4.78, 5) is 11.9. The summed E-state index contributed by atoms with van der Waals surface area (Å²) in [6.07, 6.45) is 5.06. The van der Waals surface area contributed by atoms with E-state index in [2.05, 4.69) is 24.3 Å². The van der Waals surface area contributed by atoms with Crippen molar-refractivity contribution in [2.24, 2.45) is 0 Å². The number of hydrogen-bond acceptors (Lipinski definition) is 3. The SMILES string of the molecule is C=C(CS)Cn1ccn2nccc2c1=O. The molecule has 4 nitrogen and oxygen atoms in total. The molecule has 2 heterocycles. The first kappa shape index (κ1) is 10.0. The zero-order valence-electron chi connectivity index (χ0n) is 8.13. The zero-order chi connectivity index (χ0) is 10.8. The lowest BCUT2D eigenvalue weighted by molar-refractivity contribution is 0.736. The van der Waals surface area contributed by atoms with E-state index in [1.54, 1.807) is 33.7 Å². The highest BCUT2D eigenvalue weighted by Crippen LogP contribution is 1.99. The Bertz CT molecular complexity index is 555. The second kappa shape index (κ2) is 3.94. The van der Waals surface area contributed by atoms with Gasteiger partial charge in [0.2, 0.25) is 0 Å². The van der Waals surface area contributed by atoms with Crippen LogP contribution in [0.1, 0.15) is 0 Å². The summed E-state index contributed by atoms with van der Waals surface area (Å²) in [7, 11) is 0. The van der Waals surface area contributed by atoms with Crippen molar-refractivity contribution in [2.45, 2.75) is 6.54 Å². The molecule has 0 saturated heterocycles. The summed E-state index contributed by atoms with van der Waals surface area (Å²) in [5, 5.41) is 3.99.